The summed E-state index contributed by atoms with van der Waals surface area (Å²) in [6.45, 7) is 4.22. The smallest absolute Gasteiger partial charge is 0.242 e. The quantitative estimate of drug-likeness (QED) is 0.661. The summed E-state index contributed by atoms with van der Waals surface area (Å²) in [6, 6.07) is -0.426. The van der Waals surface area contributed by atoms with Gasteiger partial charge in [0.25, 0.3) is 0 Å². The molecule has 1 aliphatic heterocycles. The van der Waals surface area contributed by atoms with Crippen molar-refractivity contribution in [2.75, 3.05) is 13.6 Å². The molecule has 0 saturated carbocycles. The monoisotopic (exact) mass is 213 g/mol. The van der Waals surface area contributed by atoms with E-state index in [9.17, 15) is 9.59 Å². The molecule has 15 heavy (non-hydrogen) atoms. The normalized spacial score (nSPS) is 21.8. The number of likely N-dealkylation sites (N-methyl/N-ethyl adjacent to an activating group) is 1. The summed E-state index contributed by atoms with van der Waals surface area (Å²) in [5, 5.41) is 2.93. The molecule has 0 spiro atoms. The van der Waals surface area contributed by atoms with Crippen LogP contribution in [0.15, 0.2) is 0 Å². The summed E-state index contributed by atoms with van der Waals surface area (Å²) >= 11 is 0. The van der Waals surface area contributed by atoms with Crippen LogP contribution >= 0.6 is 0 Å². The first-order valence-corrected chi connectivity index (χ1v) is 5.19. The van der Waals surface area contributed by atoms with Crippen molar-refractivity contribution < 1.29 is 9.59 Å². The van der Waals surface area contributed by atoms with E-state index in [0.29, 0.717) is 13.0 Å². The Balaban J connectivity index is 2.79. The fourth-order valence-electron chi connectivity index (χ4n) is 1.77. The minimum Gasteiger partial charge on any atom is -0.368 e. The predicted molar refractivity (Wildman–Crippen MR) is 57.1 cm³/mol. The highest BCUT2D eigenvalue weighted by Crippen LogP contribution is 2.20. The van der Waals surface area contributed by atoms with Crippen LogP contribution in [-0.2, 0) is 9.59 Å². The minimum absolute atomic E-state index is 0.0636. The molecular formula is C10H19N3O2. The third kappa shape index (κ3) is 2.28. The summed E-state index contributed by atoms with van der Waals surface area (Å²) in [5.41, 5.74) is 4.62. The molecule has 1 fully saturated rings. The first-order valence-electron chi connectivity index (χ1n) is 5.19. The lowest BCUT2D eigenvalue weighted by Gasteiger charge is -2.31. The number of amides is 2. The number of rotatable bonds is 3. The van der Waals surface area contributed by atoms with Gasteiger partial charge >= 0.3 is 0 Å². The van der Waals surface area contributed by atoms with Gasteiger partial charge in [-0.15, -0.1) is 0 Å². The zero-order valence-corrected chi connectivity index (χ0v) is 9.54. The molecule has 1 heterocycles. The number of hydrogen-bond donors (Lipinski definition) is 2. The first kappa shape index (κ1) is 12.0. The molecule has 1 atom stereocenters. The van der Waals surface area contributed by atoms with Crippen LogP contribution in [0, 0.1) is 0 Å². The Hall–Kier alpha value is -1.10. The number of carbonyl (C=O) groups is 2. The Bertz CT molecular complexity index is 276. The van der Waals surface area contributed by atoms with E-state index in [0.717, 1.165) is 6.42 Å². The number of carbonyl (C=O) groups excluding carboxylic acids is 2. The largest absolute Gasteiger partial charge is 0.368 e. The van der Waals surface area contributed by atoms with Gasteiger partial charge in [-0.2, -0.15) is 0 Å². The summed E-state index contributed by atoms with van der Waals surface area (Å²) in [5.74, 6) is -0.473. The molecule has 2 amide bonds. The lowest BCUT2D eigenvalue weighted by Crippen LogP contribution is -2.56. The number of nitrogens with zero attached hydrogens (tertiary/aromatic N) is 1. The molecule has 86 valence electrons. The number of primary amides is 1. The van der Waals surface area contributed by atoms with Crippen molar-refractivity contribution >= 4 is 11.8 Å². The Labute approximate surface area is 90.0 Å². The van der Waals surface area contributed by atoms with E-state index < -0.39 is 17.5 Å². The van der Waals surface area contributed by atoms with Crippen molar-refractivity contribution in [3.05, 3.63) is 0 Å². The van der Waals surface area contributed by atoms with Crippen LogP contribution in [0.25, 0.3) is 0 Å². The zero-order valence-electron chi connectivity index (χ0n) is 9.54. The molecule has 3 N–H and O–H groups in total. The van der Waals surface area contributed by atoms with Crippen LogP contribution in [0.5, 0.6) is 0 Å². The lowest BCUT2D eigenvalue weighted by molar-refractivity contribution is -0.141. The van der Waals surface area contributed by atoms with Crippen molar-refractivity contribution in [3.63, 3.8) is 0 Å². The Morgan fingerprint density at radius 3 is 2.53 bits per heavy atom. The first-order chi connectivity index (χ1) is 6.90. The van der Waals surface area contributed by atoms with Gasteiger partial charge in [-0.05, 0) is 33.7 Å². The number of likely N-dealkylation sites (tertiary alicyclic amines) is 1. The number of nitrogens with one attached hydrogen (secondary N) is 1. The fraction of sp³-hybridized carbons (Fsp3) is 0.800. The van der Waals surface area contributed by atoms with Crippen molar-refractivity contribution in [1.82, 2.24) is 10.2 Å². The Kier molecular flexibility index (Phi) is 3.34. The van der Waals surface area contributed by atoms with E-state index in [1.54, 1.807) is 25.8 Å². The van der Waals surface area contributed by atoms with Crippen molar-refractivity contribution in [2.24, 2.45) is 5.73 Å². The van der Waals surface area contributed by atoms with Crippen LogP contribution < -0.4 is 11.1 Å². The van der Waals surface area contributed by atoms with Crippen molar-refractivity contribution in [3.8, 4) is 0 Å². The van der Waals surface area contributed by atoms with Gasteiger partial charge in [-0.1, -0.05) is 0 Å². The predicted octanol–water partition coefficient (Wildman–Crippen LogP) is -0.539. The van der Waals surface area contributed by atoms with E-state index >= 15 is 0 Å². The molecule has 0 aromatic rings. The van der Waals surface area contributed by atoms with E-state index in [1.807, 2.05) is 0 Å². The van der Waals surface area contributed by atoms with Gasteiger partial charge in [-0.25, -0.2) is 0 Å². The van der Waals surface area contributed by atoms with E-state index in [-0.39, 0.29) is 5.91 Å². The Morgan fingerprint density at radius 2 is 2.07 bits per heavy atom. The van der Waals surface area contributed by atoms with Crippen LogP contribution in [0.4, 0.5) is 0 Å². The van der Waals surface area contributed by atoms with Gasteiger partial charge < -0.3 is 16.0 Å². The van der Waals surface area contributed by atoms with Crippen LogP contribution in [-0.4, -0.2) is 41.9 Å². The maximum atomic E-state index is 12.1. The van der Waals surface area contributed by atoms with Gasteiger partial charge in [-0.3, -0.25) is 9.59 Å². The second-order valence-electron chi connectivity index (χ2n) is 4.43. The molecular weight excluding hydrogens is 194 g/mol. The van der Waals surface area contributed by atoms with Gasteiger partial charge in [0.05, 0.1) is 5.54 Å². The van der Waals surface area contributed by atoms with E-state index in [4.69, 9.17) is 5.73 Å². The molecule has 1 saturated heterocycles. The molecule has 1 unspecified atom stereocenters. The highest BCUT2D eigenvalue weighted by atomic mass is 16.2. The molecule has 5 nitrogen and oxygen atoms in total. The number of nitrogens with two attached hydrogens (primary N) is 1. The Morgan fingerprint density at radius 1 is 1.47 bits per heavy atom. The SMILES string of the molecule is CNC(C)(C)C(=O)N1CCCC1C(N)=O. The average Bonchev–Trinajstić information content (AvgIpc) is 2.64. The van der Waals surface area contributed by atoms with Crippen LogP contribution in [0.2, 0.25) is 0 Å². The molecule has 0 radical (unpaired) electrons. The molecule has 0 aliphatic carbocycles. The summed E-state index contributed by atoms with van der Waals surface area (Å²) in [6.07, 6.45) is 1.53. The standard InChI is InChI=1S/C10H19N3O2/c1-10(2,12-3)9(15)13-6-4-5-7(13)8(11)14/h7,12H,4-6H2,1-3H3,(H2,11,14). The zero-order chi connectivity index (χ0) is 11.6. The maximum Gasteiger partial charge on any atom is 0.242 e. The van der Waals surface area contributed by atoms with E-state index in [1.165, 1.54) is 0 Å². The average molecular weight is 213 g/mol. The van der Waals surface area contributed by atoms with Crippen LogP contribution in [0.3, 0.4) is 0 Å². The fourth-order valence-corrected chi connectivity index (χ4v) is 1.77. The molecule has 0 aromatic carbocycles. The van der Waals surface area contributed by atoms with Gasteiger partial charge in [0.1, 0.15) is 6.04 Å². The second kappa shape index (κ2) is 4.18. The summed E-state index contributed by atoms with van der Waals surface area (Å²) in [4.78, 5) is 24.8. The molecule has 0 bridgehead atoms. The van der Waals surface area contributed by atoms with Crippen LogP contribution in [0.1, 0.15) is 26.7 Å². The molecule has 0 aromatic heterocycles. The number of hydrogen-bond acceptors (Lipinski definition) is 3. The molecule has 5 heteroatoms. The van der Waals surface area contributed by atoms with Gasteiger partial charge in [0.15, 0.2) is 0 Å². The van der Waals surface area contributed by atoms with Gasteiger partial charge in [0, 0.05) is 6.54 Å². The summed E-state index contributed by atoms with van der Waals surface area (Å²) < 4.78 is 0. The van der Waals surface area contributed by atoms with Gasteiger partial charge in [0.2, 0.25) is 11.8 Å². The maximum absolute atomic E-state index is 12.1. The third-order valence-electron chi connectivity index (χ3n) is 3.00. The molecule has 1 aliphatic rings. The highest BCUT2D eigenvalue weighted by molar-refractivity contribution is 5.91. The van der Waals surface area contributed by atoms with Crippen molar-refractivity contribution in [1.29, 1.82) is 0 Å². The summed E-state index contributed by atoms with van der Waals surface area (Å²) in [7, 11) is 1.73. The molecule has 1 rings (SSSR count). The third-order valence-corrected chi connectivity index (χ3v) is 3.00. The van der Waals surface area contributed by atoms with E-state index in [2.05, 4.69) is 5.32 Å². The minimum atomic E-state index is -0.641. The second-order valence-corrected chi connectivity index (χ2v) is 4.43. The highest BCUT2D eigenvalue weighted by Gasteiger charge is 2.38. The van der Waals surface area contributed by atoms with Crippen molar-refractivity contribution in [2.45, 2.75) is 38.3 Å². The lowest BCUT2D eigenvalue weighted by atomic mass is 10.0. The topological polar surface area (TPSA) is 75.4 Å².